The molecule has 4 nitrogen and oxygen atoms in total. The molecule has 0 aromatic heterocycles. The predicted octanol–water partition coefficient (Wildman–Crippen LogP) is 8.43. The lowest BCUT2D eigenvalue weighted by atomic mass is 9.73. The molecule has 39 heavy (non-hydrogen) atoms. The van der Waals surface area contributed by atoms with E-state index in [1.54, 1.807) is 24.3 Å². The highest BCUT2D eigenvalue weighted by Gasteiger charge is 2.72. The van der Waals surface area contributed by atoms with Gasteiger partial charge in [0.05, 0.1) is 11.1 Å². The summed E-state index contributed by atoms with van der Waals surface area (Å²) in [6.45, 7) is 0. The molecule has 0 atom stereocenters. The summed E-state index contributed by atoms with van der Waals surface area (Å²) in [6.07, 6.45) is -11.6. The minimum absolute atomic E-state index is 0.0559. The first kappa shape index (κ1) is 27.1. The van der Waals surface area contributed by atoms with E-state index in [0.29, 0.717) is 24.3 Å². The molecule has 0 bridgehead atoms. The van der Waals surface area contributed by atoms with Gasteiger partial charge in [-0.2, -0.15) is 36.9 Å². The maximum Gasteiger partial charge on any atom is 0.411 e. The number of ether oxygens (including phenoxy) is 2. The molecule has 196 valence electrons. The second kappa shape index (κ2) is 10.4. The summed E-state index contributed by atoms with van der Waals surface area (Å²) in [7, 11) is 0. The van der Waals surface area contributed by atoms with E-state index in [2.05, 4.69) is 0 Å². The third-order valence-electron chi connectivity index (χ3n) is 5.90. The van der Waals surface area contributed by atoms with Crippen molar-refractivity contribution in [2.45, 2.75) is 17.8 Å². The molecule has 0 amide bonds. The Balaban J connectivity index is 1.75. The minimum atomic E-state index is -5.78. The summed E-state index contributed by atoms with van der Waals surface area (Å²) in [5.74, 6) is 0.0812. The van der Waals surface area contributed by atoms with Gasteiger partial charge in [0.2, 0.25) is 5.41 Å². The van der Waals surface area contributed by atoms with E-state index in [0.717, 1.165) is 24.3 Å². The molecule has 4 aromatic rings. The standard InChI is InChI=1S/C29H16F6N2O2/c30-28(31,32)27(29(33,34)35,21-9-13-23(14-10-21)38-25-7-3-1-5-19(25)17-36)22-11-15-24(16-12-22)39-26-8-4-2-6-20(26)18-37/h1-16H. The van der Waals surface area contributed by atoms with Crippen LogP contribution in [0, 0.1) is 22.7 Å². The number of para-hydroxylation sites is 2. The first-order valence-electron chi connectivity index (χ1n) is 11.2. The molecule has 0 fully saturated rings. The average molecular weight is 538 g/mol. The van der Waals surface area contributed by atoms with Gasteiger partial charge in [0.1, 0.15) is 35.1 Å². The molecule has 0 aliphatic carbocycles. The molecule has 0 unspecified atom stereocenters. The van der Waals surface area contributed by atoms with Crippen LogP contribution in [0.2, 0.25) is 0 Å². The van der Waals surface area contributed by atoms with Gasteiger partial charge in [-0.05, 0) is 59.7 Å². The second-order valence-electron chi connectivity index (χ2n) is 8.21. The monoisotopic (exact) mass is 538 g/mol. The summed E-state index contributed by atoms with van der Waals surface area (Å²) < 4.78 is 97.9. The number of rotatable bonds is 6. The van der Waals surface area contributed by atoms with Crippen molar-refractivity contribution in [3.63, 3.8) is 0 Å². The highest BCUT2D eigenvalue weighted by Crippen LogP contribution is 2.56. The van der Waals surface area contributed by atoms with E-state index in [1.807, 2.05) is 12.1 Å². The summed E-state index contributed by atoms with van der Waals surface area (Å²) >= 11 is 0. The first-order chi connectivity index (χ1) is 18.5. The van der Waals surface area contributed by atoms with E-state index >= 15 is 0 Å². The molecular weight excluding hydrogens is 522 g/mol. The second-order valence-corrected chi connectivity index (χ2v) is 8.21. The van der Waals surface area contributed by atoms with Gasteiger partial charge in [-0.25, -0.2) is 0 Å². The molecule has 0 N–H and O–H groups in total. The van der Waals surface area contributed by atoms with Crippen molar-refractivity contribution in [2.75, 3.05) is 0 Å². The van der Waals surface area contributed by atoms with Crippen molar-refractivity contribution >= 4 is 0 Å². The van der Waals surface area contributed by atoms with Crippen molar-refractivity contribution in [3.05, 3.63) is 119 Å². The summed E-state index contributed by atoms with van der Waals surface area (Å²) in [5.41, 5.74) is -6.24. The number of hydrogen-bond donors (Lipinski definition) is 0. The van der Waals surface area contributed by atoms with E-state index in [-0.39, 0.29) is 34.1 Å². The molecule has 4 aromatic carbocycles. The molecule has 0 saturated heterocycles. The number of nitrogens with zero attached hydrogens (tertiary/aromatic N) is 2. The van der Waals surface area contributed by atoms with Gasteiger partial charge in [-0.3, -0.25) is 0 Å². The summed E-state index contributed by atoms with van der Waals surface area (Å²) in [6, 6.07) is 22.5. The van der Waals surface area contributed by atoms with Crippen molar-refractivity contribution in [1.82, 2.24) is 0 Å². The number of nitriles is 2. The third-order valence-corrected chi connectivity index (χ3v) is 5.90. The van der Waals surface area contributed by atoms with Crippen molar-refractivity contribution in [2.24, 2.45) is 0 Å². The molecule has 10 heteroatoms. The Morgan fingerprint density at radius 1 is 0.487 bits per heavy atom. The Kier molecular flexibility index (Phi) is 7.24. The molecule has 0 aliphatic rings. The number of alkyl halides is 6. The van der Waals surface area contributed by atoms with Crippen molar-refractivity contribution in [3.8, 4) is 35.1 Å². The van der Waals surface area contributed by atoms with Crippen LogP contribution in [0.15, 0.2) is 97.1 Å². The van der Waals surface area contributed by atoms with Crippen LogP contribution < -0.4 is 9.47 Å². The van der Waals surface area contributed by atoms with Crippen LogP contribution in [-0.4, -0.2) is 12.4 Å². The molecule has 0 aliphatic heterocycles. The van der Waals surface area contributed by atoms with Crippen LogP contribution in [0.5, 0.6) is 23.0 Å². The maximum atomic E-state index is 14.5. The summed E-state index contributed by atoms with van der Waals surface area (Å²) in [5, 5.41) is 18.4. The zero-order valence-electron chi connectivity index (χ0n) is 19.7. The zero-order chi connectivity index (χ0) is 28.3. The highest BCUT2D eigenvalue weighted by molar-refractivity contribution is 5.50. The van der Waals surface area contributed by atoms with Crippen LogP contribution in [0.25, 0.3) is 0 Å². The van der Waals surface area contributed by atoms with Crippen LogP contribution in [0.1, 0.15) is 22.3 Å². The van der Waals surface area contributed by atoms with Crippen molar-refractivity contribution < 1.29 is 35.8 Å². The Morgan fingerprint density at radius 2 is 0.821 bits per heavy atom. The molecule has 0 heterocycles. The van der Waals surface area contributed by atoms with Crippen LogP contribution in [-0.2, 0) is 5.41 Å². The predicted molar refractivity (Wildman–Crippen MR) is 128 cm³/mol. The van der Waals surface area contributed by atoms with Gasteiger partial charge < -0.3 is 9.47 Å². The Morgan fingerprint density at radius 3 is 1.13 bits per heavy atom. The van der Waals surface area contributed by atoms with Crippen LogP contribution in [0.4, 0.5) is 26.3 Å². The molecule has 4 rings (SSSR count). The van der Waals surface area contributed by atoms with Gasteiger partial charge in [0, 0.05) is 0 Å². The fourth-order valence-corrected chi connectivity index (χ4v) is 4.08. The smallest absolute Gasteiger partial charge is 0.411 e. The molecular formula is C29H16F6N2O2. The minimum Gasteiger partial charge on any atom is -0.456 e. The molecule has 0 spiro atoms. The van der Waals surface area contributed by atoms with E-state index < -0.39 is 28.9 Å². The van der Waals surface area contributed by atoms with E-state index in [1.165, 1.54) is 24.3 Å². The van der Waals surface area contributed by atoms with Gasteiger partial charge >= 0.3 is 12.4 Å². The number of halogens is 6. The maximum absolute atomic E-state index is 14.5. The first-order valence-corrected chi connectivity index (χ1v) is 11.2. The van der Waals surface area contributed by atoms with E-state index in [9.17, 15) is 36.9 Å². The van der Waals surface area contributed by atoms with Crippen molar-refractivity contribution in [1.29, 1.82) is 10.5 Å². The third kappa shape index (κ3) is 5.10. The lowest BCUT2D eigenvalue weighted by Crippen LogP contribution is -2.54. The lowest BCUT2D eigenvalue weighted by Gasteiger charge is -2.38. The fourth-order valence-electron chi connectivity index (χ4n) is 4.08. The van der Waals surface area contributed by atoms with Gasteiger partial charge in [-0.15, -0.1) is 0 Å². The van der Waals surface area contributed by atoms with E-state index in [4.69, 9.17) is 9.47 Å². The lowest BCUT2D eigenvalue weighted by molar-refractivity contribution is -0.288. The molecule has 0 radical (unpaired) electrons. The van der Waals surface area contributed by atoms with Crippen LogP contribution >= 0.6 is 0 Å². The van der Waals surface area contributed by atoms with Gasteiger partial charge in [0.25, 0.3) is 0 Å². The Labute approximate surface area is 218 Å². The average Bonchev–Trinajstić information content (AvgIpc) is 2.90. The SMILES string of the molecule is N#Cc1ccccc1Oc1ccc(C(c2ccc(Oc3ccccc3C#N)cc2)(C(F)(F)F)C(F)(F)F)cc1. The number of hydrogen-bond acceptors (Lipinski definition) is 4. The number of benzene rings is 4. The largest absolute Gasteiger partial charge is 0.456 e. The topological polar surface area (TPSA) is 66.0 Å². The molecule has 0 saturated carbocycles. The normalized spacial score (nSPS) is 11.8. The van der Waals surface area contributed by atoms with Gasteiger partial charge in [-0.1, -0.05) is 48.5 Å². The fraction of sp³-hybridized carbons (Fsp3) is 0.103. The highest BCUT2D eigenvalue weighted by atomic mass is 19.4. The summed E-state index contributed by atoms with van der Waals surface area (Å²) in [4.78, 5) is 0. The Bertz CT molecular complexity index is 1430. The quantitative estimate of drug-likeness (QED) is 0.231. The van der Waals surface area contributed by atoms with Crippen LogP contribution in [0.3, 0.4) is 0 Å². The Hall–Kier alpha value is -4.96. The zero-order valence-corrected chi connectivity index (χ0v) is 19.7. The van der Waals surface area contributed by atoms with Gasteiger partial charge in [0.15, 0.2) is 0 Å².